The molecule has 2 aliphatic rings. The largest absolute Gasteiger partial charge is 0.357 e. The van der Waals surface area contributed by atoms with Crippen molar-refractivity contribution in [3.05, 3.63) is 35.5 Å². The molecule has 3 heteroatoms. The molecule has 20 heavy (non-hydrogen) atoms. The fraction of sp³-hybridized carbons (Fsp3) is 0.529. The molecule has 4 rings (SSSR count). The topological polar surface area (TPSA) is 31.1 Å². The highest BCUT2D eigenvalue weighted by Gasteiger charge is 2.34. The number of aromatic nitrogens is 1. The van der Waals surface area contributed by atoms with Crippen LogP contribution in [0.2, 0.25) is 0 Å². The van der Waals surface area contributed by atoms with Crippen LogP contribution in [0.4, 0.5) is 0 Å². The van der Waals surface area contributed by atoms with E-state index in [4.69, 9.17) is 0 Å². The lowest BCUT2D eigenvalue weighted by atomic mass is 9.88. The smallest absolute Gasteiger partial charge is 0.0516 e. The molecule has 2 aliphatic heterocycles. The molecule has 1 fully saturated rings. The number of piperidine rings is 1. The number of aromatic amines is 1. The molecule has 3 heterocycles. The normalized spacial score (nSPS) is 26.4. The Morgan fingerprint density at radius 1 is 1.30 bits per heavy atom. The number of H-pyrrole nitrogens is 1. The minimum Gasteiger partial charge on any atom is -0.357 e. The third-order valence-corrected chi connectivity index (χ3v) is 5.04. The van der Waals surface area contributed by atoms with Crippen molar-refractivity contribution >= 4 is 10.9 Å². The Kier molecular flexibility index (Phi) is 3.04. The molecule has 0 bridgehead atoms. The molecular weight excluding hydrogens is 246 g/mol. The predicted molar refractivity (Wildman–Crippen MR) is 83.0 cm³/mol. The van der Waals surface area contributed by atoms with Crippen LogP contribution in [0, 0.1) is 0 Å². The first kappa shape index (κ1) is 12.4. The van der Waals surface area contributed by atoms with Crippen molar-refractivity contribution in [2.45, 2.75) is 38.3 Å². The van der Waals surface area contributed by atoms with E-state index in [-0.39, 0.29) is 0 Å². The Bertz CT molecular complexity index is 616. The Labute approximate surface area is 120 Å². The van der Waals surface area contributed by atoms with E-state index in [1.807, 2.05) is 0 Å². The zero-order valence-electron chi connectivity index (χ0n) is 12.2. The first-order valence-corrected chi connectivity index (χ1v) is 7.93. The van der Waals surface area contributed by atoms with Gasteiger partial charge in [0.15, 0.2) is 0 Å². The number of fused-ring (bicyclic) bond motifs is 5. The van der Waals surface area contributed by atoms with Gasteiger partial charge in [0.05, 0.1) is 6.04 Å². The number of hydrogen-bond donors (Lipinski definition) is 2. The zero-order chi connectivity index (χ0) is 13.5. The predicted octanol–water partition coefficient (Wildman–Crippen LogP) is 2.84. The Morgan fingerprint density at radius 2 is 2.20 bits per heavy atom. The average molecular weight is 269 g/mol. The van der Waals surface area contributed by atoms with E-state index in [0.29, 0.717) is 12.1 Å². The van der Waals surface area contributed by atoms with E-state index in [2.05, 4.69) is 46.4 Å². The van der Waals surface area contributed by atoms with Crippen LogP contribution >= 0.6 is 0 Å². The fourth-order valence-electron chi connectivity index (χ4n) is 4.09. The van der Waals surface area contributed by atoms with Crippen LogP contribution in [0.5, 0.6) is 0 Å². The number of rotatable bonds is 2. The van der Waals surface area contributed by atoms with Gasteiger partial charge in [-0.3, -0.25) is 4.90 Å². The zero-order valence-corrected chi connectivity index (χ0v) is 12.2. The molecule has 1 saturated heterocycles. The summed E-state index contributed by atoms with van der Waals surface area (Å²) >= 11 is 0. The molecule has 0 radical (unpaired) electrons. The number of para-hydroxylation sites is 1. The van der Waals surface area contributed by atoms with Gasteiger partial charge in [-0.2, -0.15) is 0 Å². The van der Waals surface area contributed by atoms with Crippen molar-refractivity contribution in [2.24, 2.45) is 0 Å². The maximum Gasteiger partial charge on any atom is 0.0516 e. The molecule has 1 aromatic carbocycles. The highest BCUT2D eigenvalue weighted by molar-refractivity contribution is 5.85. The number of nitrogens with zero attached hydrogens (tertiary/aromatic N) is 1. The van der Waals surface area contributed by atoms with Crippen LogP contribution in [-0.4, -0.2) is 35.6 Å². The average Bonchev–Trinajstić information content (AvgIpc) is 2.87. The number of benzene rings is 1. The summed E-state index contributed by atoms with van der Waals surface area (Å²) in [6, 6.07) is 10.0. The van der Waals surface area contributed by atoms with Gasteiger partial charge in [0, 0.05) is 35.7 Å². The molecular formula is C17H23N3. The van der Waals surface area contributed by atoms with Gasteiger partial charge in [-0.15, -0.1) is 0 Å². The Hall–Kier alpha value is -1.32. The second-order valence-electron chi connectivity index (χ2n) is 6.14. The van der Waals surface area contributed by atoms with Crippen molar-refractivity contribution < 1.29 is 0 Å². The molecule has 0 saturated carbocycles. The van der Waals surface area contributed by atoms with Gasteiger partial charge in [0.2, 0.25) is 0 Å². The molecule has 0 spiro atoms. The van der Waals surface area contributed by atoms with Crippen molar-refractivity contribution in [3.8, 4) is 0 Å². The molecule has 2 aromatic rings. The minimum atomic E-state index is 0.587. The summed E-state index contributed by atoms with van der Waals surface area (Å²) in [4.78, 5) is 6.38. The van der Waals surface area contributed by atoms with Gasteiger partial charge in [-0.05, 0) is 37.4 Å². The lowest BCUT2D eigenvalue weighted by Crippen LogP contribution is -2.46. The molecule has 2 atom stereocenters. The van der Waals surface area contributed by atoms with Crippen molar-refractivity contribution in [3.63, 3.8) is 0 Å². The first-order chi connectivity index (χ1) is 9.86. The molecule has 0 amide bonds. The van der Waals surface area contributed by atoms with Gasteiger partial charge in [0.25, 0.3) is 0 Å². The van der Waals surface area contributed by atoms with E-state index in [0.717, 1.165) is 6.54 Å². The van der Waals surface area contributed by atoms with Gasteiger partial charge >= 0.3 is 0 Å². The standard InChI is InChI=1S/C17H23N3/c1-2-18-12-7-9-20-10-8-14-13-5-3-4-6-15(13)19-17(14)16(20)11-12/h3-6,12,16,18-19H,2,7-11H2,1H3/t12-,16+/m1/s1. The van der Waals surface area contributed by atoms with Crippen LogP contribution < -0.4 is 5.32 Å². The highest BCUT2D eigenvalue weighted by atomic mass is 15.2. The summed E-state index contributed by atoms with van der Waals surface area (Å²) in [6.45, 7) is 5.74. The molecule has 3 nitrogen and oxygen atoms in total. The van der Waals surface area contributed by atoms with Crippen molar-refractivity contribution in [2.75, 3.05) is 19.6 Å². The summed E-state index contributed by atoms with van der Waals surface area (Å²) in [7, 11) is 0. The molecule has 0 aliphatic carbocycles. The maximum absolute atomic E-state index is 3.71. The summed E-state index contributed by atoms with van der Waals surface area (Å²) in [6.07, 6.45) is 3.73. The lowest BCUT2D eigenvalue weighted by Gasteiger charge is -2.42. The fourth-order valence-corrected chi connectivity index (χ4v) is 4.09. The number of nitrogens with one attached hydrogen (secondary N) is 2. The van der Waals surface area contributed by atoms with E-state index in [9.17, 15) is 0 Å². The maximum atomic E-state index is 3.71. The monoisotopic (exact) mass is 269 g/mol. The van der Waals surface area contributed by atoms with Gasteiger partial charge in [-0.1, -0.05) is 25.1 Å². The number of hydrogen-bond acceptors (Lipinski definition) is 2. The van der Waals surface area contributed by atoms with E-state index in [1.165, 1.54) is 48.9 Å². The van der Waals surface area contributed by atoms with Crippen LogP contribution in [0.1, 0.15) is 37.1 Å². The Morgan fingerprint density at radius 3 is 3.10 bits per heavy atom. The van der Waals surface area contributed by atoms with E-state index >= 15 is 0 Å². The second-order valence-corrected chi connectivity index (χ2v) is 6.14. The van der Waals surface area contributed by atoms with Crippen molar-refractivity contribution in [1.82, 2.24) is 15.2 Å². The van der Waals surface area contributed by atoms with E-state index in [1.54, 1.807) is 5.56 Å². The van der Waals surface area contributed by atoms with Crippen LogP contribution in [0.25, 0.3) is 10.9 Å². The molecule has 2 N–H and O–H groups in total. The lowest BCUT2D eigenvalue weighted by molar-refractivity contribution is 0.114. The van der Waals surface area contributed by atoms with Gasteiger partial charge < -0.3 is 10.3 Å². The highest BCUT2D eigenvalue weighted by Crippen LogP contribution is 2.39. The van der Waals surface area contributed by atoms with Crippen LogP contribution in [0.3, 0.4) is 0 Å². The molecule has 106 valence electrons. The van der Waals surface area contributed by atoms with Crippen LogP contribution in [0.15, 0.2) is 24.3 Å². The summed E-state index contributed by atoms with van der Waals surface area (Å²) < 4.78 is 0. The summed E-state index contributed by atoms with van der Waals surface area (Å²) in [5.74, 6) is 0. The SMILES string of the molecule is CCN[C@@H]1CCN2CCc3c([nH]c4ccccc34)[C@@H]2C1. The van der Waals surface area contributed by atoms with E-state index < -0.39 is 0 Å². The molecule has 0 unspecified atom stereocenters. The second kappa shape index (κ2) is 4.90. The van der Waals surface area contributed by atoms with Crippen molar-refractivity contribution in [1.29, 1.82) is 0 Å². The van der Waals surface area contributed by atoms with Gasteiger partial charge in [0.1, 0.15) is 0 Å². The van der Waals surface area contributed by atoms with Gasteiger partial charge in [-0.25, -0.2) is 0 Å². The third kappa shape index (κ3) is 1.88. The third-order valence-electron chi connectivity index (χ3n) is 5.04. The quantitative estimate of drug-likeness (QED) is 0.878. The molecule has 1 aromatic heterocycles. The summed E-state index contributed by atoms with van der Waals surface area (Å²) in [5, 5.41) is 5.08. The first-order valence-electron chi connectivity index (χ1n) is 7.93. The minimum absolute atomic E-state index is 0.587. The summed E-state index contributed by atoms with van der Waals surface area (Å²) in [5.41, 5.74) is 4.36. The Balaban J connectivity index is 1.73. The van der Waals surface area contributed by atoms with Crippen LogP contribution in [-0.2, 0) is 6.42 Å².